The van der Waals surface area contributed by atoms with Crippen LogP contribution in [-0.4, -0.2) is 64.5 Å². The minimum absolute atomic E-state index is 0.0534. The molecule has 0 radical (unpaired) electrons. The lowest BCUT2D eigenvalue weighted by Gasteiger charge is -2.37. The molecule has 1 N–H and O–H groups in total. The monoisotopic (exact) mass is 404 g/mol. The molecule has 0 unspecified atom stereocenters. The van der Waals surface area contributed by atoms with Crippen LogP contribution in [0.3, 0.4) is 0 Å². The molecule has 7 heteroatoms. The molecule has 1 aromatic rings. The van der Waals surface area contributed by atoms with E-state index in [1.54, 1.807) is 9.80 Å². The first-order chi connectivity index (χ1) is 13.7. The van der Waals surface area contributed by atoms with Crippen molar-refractivity contribution >= 4 is 12.2 Å². The fraction of sp³-hybridized carbons (Fsp3) is 0.636. The predicted octanol–water partition coefficient (Wildman–Crippen LogP) is 3.41. The van der Waals surface area contributed by atoms with Crippen LogP contribution in [0.5, 0.6) is 0 Å². The average molecular weight is 405 g/mol. The second kappa shape index (κ2) is 9.03. The molecule has 0 aliphatic carbocycles. The molecule has 2 heterocycles. The molecule has 0 spiro atoms. The van der Waals surface area contributed by atoms with Crippen LogP contribution in [0.15, 0.2) is 30.3 Å². The molecular weight excluding hydrogens is 372 g/mol. The van der Waals surface area contributed by atoms with Gasteiger partial charge in [0.2, 0.25) is 0 Å². The van der Waals surface area contributed by atoms with Crippen LogP contribution in [0.2, 0.25) is 0 Å². The van der Waals surface area contributed by atoms with Gasteiger partial charge in [0.05, 0.1) is 12.6 Å². The second-order valence-electron chi connectivity index (χ2n) is 8.95. The number of piperidine rings is 1. The van der Waals surface area contributed by atoms with Crippen molar-refractivity contribution in [3.63, 3.8) is 0 Å². The molecule has 2 fully saturated rings. The van der Waals surface area contributed by atoms with Crippen LogP contribution in [0.25, 0.3) is 0 Å². The summed E-state index contributed by atoms with van der Waals surface area (Å²) in [6.07, 6.45) is 0.907. The summed E-state index contributed by atoms with van der Waals surface area (Å²) >= 11 is 0. The Morgan fingerprint density at radius 1 is 1.10 bits per heavy atom. The van der Waals surface area contributed by atoms with Gasteiger partial charge in [-0.3, -0.25) is 0 Å². The number of hydrogen-bond acceptors (Lipinski definition) is 5. The van der Waals surface area contributed by atoms with E-state index < -0.39 is 11.7 Å². The van der Waals surface area contributed by atoms with Crippen molar-refractivity contribution in [1.82, 2.24) is 9.80 Å². The maximum absolute atomic E-state index is 12.6. The van der Waals surface area contributed by atoms with E-state index in [0.717, 1.165) is 18.4 Å². The van der Waals surface area contributed by atoms with E-state index in [1.165, 1.54) is 0 Å². The molecule has 0 aromatic heterocycles. The van der Waals surface area contributed by atoms with Crippen LogP contribution in [0, 0.1) is 5.92 Å². The summed E-state index contributed by atoms with van der Waals surface area (Å²) < 4.78 is 10.9. The van der Waals surface area contributed by atoms with Crippen molar-refractivity contribution in [2.75, 3.05) is 19.6 Å². The molecular formula is C22H32N2O5. The summed E-state index contributed by atoms with van der Waals surface area (Å²) in [5, 5.41) is 10.1. The number of β-amino-alcohol motifs (C(OH)–C–C–N with tert-alkyl or cyclic N) is 1. The first-order valence-electron chi connectivity index (χ1n) is 10.4. The normalized spacial score (nSPS) is 23.2. The van der Waals surface area contributed by atoms with E-state index in [1.807, 2.05) is 51.1 Å². The number of benzene rings is 1. The number of ether oxygens (including phenoxy) is 2. The quantitative estimate of drug-likeness (QED) is 0.835. The van der Waals surface area contributed by atoms with Gasteiger partial charge in [0, 0.05) is 19.1 Å². The van der Waals surface area contributed by atoms with Gasteiger partial charge in [-0.05, 0) is 51.5 Å². The third kappa shape index (κ3) is 5.85. The highest BCUT2D eigenvalue weighted by Crippen LogP contribution is 2.32. The van der Waals surface area contributed by atoms with Gasteiger partial charge in [-0.25, -0.2) is 9.59 Å². The van der Waals surface area contributed by atoms with Crippen molar-refractivity contribution < 1.29 is 24.2 Å². The lowest BCUT2D eigenvalue weighted by atomic mass is 9.88. The molecule has 2 amide bonds. The minimum atomic E-state index is -0.568. The van der Waals surface area contributed by atoms with Crippen LogP contribution >= 0.6 is 0 Å². The molecule has 0 bridgehead atoms. The summed E-state index contributed by atoms with van der Waals surface area (Å²) in [4.78, 5) is 28.3. The molecule has 0 saturated carbocycles. The third-order valence-corrected chi connectivity index (χ3v) is 5.50. The fourth-order valence-corrected chi connectivity index (χ4v) is 4.10. The minimum Gasteiger partial charge on any atom is -0.445 e. The number of aliphatic hydroxyl groups is 1. The Morgan fingerprint density at radius 3 is 2.38 bits per heavy atom. The Balaban J connectivity index is 1.51. The number of likely N-dealkylation sites (tertiary alicyclic amines) is 2. The maximum atomic E-state index is 12.6. The van der Waals surface area contributed by atoms with E-state index in [9.17, 15) is 14.7 Å². The summed E-state index contributed by atoms with van der Waals surface area (Å²) in [5.41, 5.74) is 0.393. The summed E-state index contributed by atoms with van der Waals surface area (Å²) in [6.45, 7) is 7.27. The molecule has 2 aliphatic rings. The predicted molar refractivity (Wildman–Crippen MR) is 108 cm³/mol. The molecule has 7 nitrogen and oxygen atoms in total. The molecule has 3 rings (SSSR count). The second-order valence-corrected chi connectivity index (χ2v) is 8.95. The molecule has 1 aromatic carbocycles. The molecule has 29 heavy (non-hydrogen) atoms. The molecule has 2 atom stereocenters. The highest BCUT2D eigenvalue weighted by molar-refractivity contribution is 5.69. The number of nitrogens with zero attached hydrogens (tertiary/aromatic N) is 2. The van der Waals surface area contributed by atoms with E-state index in [-0.39, 0.29) is 30.8 Å². The molecule has 160 valence electrons. The standard InChI is InChI=1S/C22H32N2O5/c1-22(2,3)29-21(27)24-14-18(25)13-19(24)17-9-11-23(12-10-17)20(26)28-15-16-7-5-4-6-8-16/h4-8,17-19,25H,9-15H2,1-3H3/t18-,19+/m1/s1. The van der Waals surface area contributed by atoms with Gasteiger partial charge in [0.25, 0.3) is 0 Å². The largest absolute Gasteiger partial charge is 0.445 e. The zero-order chi connectivity index (χ0) is 21.0. The summed E-state index contributed by atoms with van der Waals surface area (Å²) in [5.74, 6) is 0.234. The first kappa shape index (κ1) is 21.4. The van der Waals surface area contributed by atoms with Gasteiger partial charge < -0.3 is 24.4 Å². The Bertz CT molecular complexity index is 695. The Morgan fingerprint density at radius 2 is 1.76 bits per heavy atom. The Kier molecular flexibility index (Phi) is 6.67. The van der Waals surface area contributed by atoms with Crippen molar-refractivity contribution in [2.45, 2.75) is 64.4 Å². The number of hydrogen-bond donors (Lipinski definition) is 1. The van der Waals surface area contributed by atoms with Crippen molar-refractivity contribution in [1.29, 1.82) is 0 Å². The van der Waals surface area contributed by atoms with Crippen LogP contribution in [0.4, 0.5) is 9.59 Å². The summed E-state index contributed by atoms with van der Waals surface area (Å²) in [6, 6.07) is 9.56. The number of amides is 2. The highest BCUT2D eigenvalue weighted by Gasteiger charge is 2.42. The SMILES string of the molecule is CC(C)(C)OC(=O)N1C[C@H](O)C[C@H]1C1CCN(C(=O)OCc2ccccc2)CC1. The van der Waals surface area contributed by atoms with Crippen molar-refractivity contribution in [3.8, 4) is 0 Å². The third-order valence-electron chi connectivity index (χ3n) is 5.50. The smallest absolute Gasteiger partial charge is 0.410 e. The van der Waals surface area contributed by atoms with Gasteiger partial charge in [-0.15, -0.1) is 0 Å². The zero-order valence-electron chi connectivity index (χ0n) is 17.5. The van der Waals surface area contributed by atoms with E-state index in [2.05, 4.69) is 0 Å². The van der Waals surface area contributed by atoms with E-state index >= 15 is 0 Å². The Hall–Kier alpha value is -2.28. The van der Waals surface area contributed by atoms with Gasteiger partial charge in [-0.1, -0.05) is 30.3 Å². The van der Waals surface area contributed by atoms with Crippen molar-refractivity contribution in [2.24, 2.45) is 5.92 Å². The molecule has 2 aliphatic heterocycles. The summed E-state index contributed by atoms with van der Waals surface area (Å²) in [7, 11) is 0. The lowest BCUT2D eigenvalue weighted by Crippen LogP contribution is -2.47. The number of aliphatic hydroxyl groups excluding tert-OH is 1. The van der Waals surface area contributed by atoms with Crippen LogP contribution in [0.1, 0.15) is 45.6 Å². The van der Waals surface area contributed by atoms with Gasteiger partial charge in [-0.2, -0.15) is 0 Å². The Labute approximate surface area is 172 Å². The fourth-order valence-electron chi connectivity index (χ4n) is 4.10. The van der Waals surface area contributed by atoms with Crippen LogP contribution < -0.4 is 0 Å². The zero-order valence-corrected chi connectivity index (χ0v) is 17.5. The average Bonchev–Trinajstić information content (AvgIpc) is 3.08. The number of rotatable bonds is 3. The van der Waals surface area contributed by atoms with E-state index in [0.29, 0.717) is 26.1 Å². The number of carbonyl (C=O) groups excluding carboxylic acids is 2. The number of carbonyl (C=O) groups is 2. The van der Waals surface area contributed by atoms with Gasteiger partial charge in [0.15, 0.2) is 0 Å². The molecule has 2 saturated heterocycles. The van der Waals surface area contributed by atoms with E-state index in [4.69, 9.17) is 9.47 Å². The van der Waals surface area contributed by atoms with Crippen LogP contribution in [-0.2, 0) is 16.1 Å². The van der Waals surface area contributed by atoms with Crippen molar-refractivity contribution in [3.05, 3.63) is 35.9 Å². The topological polar surface area (TPSA) is 79.3 Å². The lowest BCUT2D eigenvalue weighted by molar-refractivity contribution is 0.0117. The first-order valence-corrected chi connectivity index (χ1v) is 10.4. The maximum Gasteiger partial charge on any atom is 0.410 e. The van der Waals surface area contributed by atoms with Gasteiger partial charge in [0.1, 0.15) is 12.2 Å². The van der Waals surface area contributed by atoms with Gasteiger partial charge >= 0.3 is 12.2 Å². The highest BCUT2D eigenvalue weighted by atomic mass is 16.6.